The molecule has 29 aromatic rings. The van der Waals surface area contributed by atoms with Gasteiger partial charge in [-0.2, -0.15) is 0 Å². The van der Waals surface area contributed by atoms with Gasteiger partial charge in [0.05, 0.1) is 0 Å². The lowest BCUT2D eigenvalue weighted by atomic mass is 9.82. The van der Waals surface area contributed by atoms with Crippen molar-refractivity contribution >= 4 is 162 Å². The van der Waals surface area contributed by atoms with Gasteiger partial charge < -0.3 is 0 Å². The Kier molecular flexibility index (Phi) is 21.1. The summed E-state index contributed by atoms with van der Waals surface area (Å²) in [5, 5.41) is 37.9. The van der Waals surface area contributed by atoms with Gasteiger partial charge in [0.15, 0.2) is 0 Å². The topological polar surface area (TPSA) is 0 Å². The van der Waals surface area contributed by atoms with E-state index in [0.29, 0.717) is 0 Å². The fraction of sp³-hybridized carbons (Fsp3) is 0. The summed E-state index contributed by atoms with van der Waals surface area (Å²) in [5.41, 5.74) is 27.5. The Morgan fingerprint density at radius 2 is 0.257 bits per heavy atom. The molecule has 0 unspecified atom stereocenters. The largest absolute Gasteiger partial charge is 0.0622 e. The molecule has 0 saturated heterocycles. The summed E-state index contributed by atoms with van der Waals surface area (Å²) < 4.78 is 0. The van der Waals surface area contributed by atoms with E-state index in [9.17, 15) is 0 Å². The van der Waals surface area contributed by atoms with Crippen LogP contribution >= 0.6 is 0 Å². The number of rotatable bonds is 11. The number of hydrogen-bond donors (Lipinski definition) is 0. The molecule has 0 aromatic heterocycles. The zero-order chi connectivity index (χ0) is 95.1. The molecule has 668 valence electrons. The molecule has 0 spiro atoms. The first-order chi connectivity index (χ1) is 71.4. The van der Waals surface area contributed by atoms with Crippen molar-refractivity contribution in [3.63, 3.8) is 0 Å². The van der Waals surface area contributed by atoms with Gasteiger partial charge in [-0.3, -0.25) is 0 Å². The van der Waals surface area contributed by atoms with E-state index < -0.39 is 0 Å². The van der Waals surface area contributed by atoms with Crippen LogP contribution in [0, 0.1) is 0 Å². The van der Waals surface area contributed by atoms with Gasteiger partial charge in [0.25, 0.3) is 0 Å². The van der Waals surface area contributed by atoms with Gasteiger partial charge >= 0.3 is 0 Å². The molecule has 0 aliphatic heterocycles. The Labute approximate surface area is 835 Å². The molecule has 0 heterocycles. The van der Waals surface area contributed by atoms with Crippen LogP contribution in [0.4, 0.5) is 0 Å². The first kappa shape index (κ1) is 84.6. The molecule has 0 heteroatoms. The molecule has 29 rings (SSSR count). The van der Waals surface area contributed by atoms with Crippen molar-refractivity contribution in [1.29, 1.82) is 0 Å². The maximum absolute atomic E-state index is 2.44. The molecule has 0 bridgehead atoms. The summed E-state index contributed by atoms with van der Waals surface area (Å²) in [6.07, 6.45) is 0. The monoisotopic (exact) mass is 1820 g/mol. The molecule has 0 saturated carbocycles. The molecule has 0 radical (unpaired) electrons. The van der Waals surface area contributed by atoms with Crippen molar-refractivity contribution in [1.82, 2.24) is 0 Å². The Bertz CT molecular complexity index is 10200. The van der Waals surface area contributed by atoms with Crippen molar-refractivity contribution < 1.29 is 0 Å². The summed E-state index contributed by atoms with van der Waals surface area (Å²) in [6, 6.07) is 205. The molecule has 0 aliphatic carbocycles. The second kappa shape index (κ2) is 35.9. The van der Waals surface area contributed by atoms with E-state index in [-0.39, 0.29) is 0 Å². The average Bonchev–Trinajstić information content (AvgIpc) is 0.722. The van der Waals surface area contributed by atoms with Crippen molar-refractivity contribution in [2.45, 2.75) is 0 Å². The summed E-state index contributed by atoms with van der Waals surface area (Å²) in [6.45, 7) is 0. The summed E-state index contributed by atoms with van der Waals surface area (Å²) in [4.78, 5) is 0. The first-order valence-electron chi connectivity index (χ1n) is 50.0. The molecule has 0 nitrogen and oxygen atoms in total. The standard InChI is InChI=1S/2C50H32.C44H28/c1-4-12-38-29-41(24-19-33(38)9-1)36-17-22-37(23-18-36)49-45-15-7-8-16-46(45)50(44-26-21-35-11-3-6-14-40(35)31-44)48-32-43(27-28-47(48)49)42-25-20-34-10-2-5-13-39(34)30-42;1-2-12-33(13-3-1)36-24-25-38-31-40(27-26-37(38)30-36)49-45-20-8-9-21-46(45)50(44-23-11-17-35-15-5-7-19-42(35)44)48-32-39(28-29-47(48)49)43-22-10-16-34-14-4-6-18-41(34)43;1-4-18-33-29(12-1)15-9-23-36(33)32-26-27-41-42(28-32)44(38-25-11-17-31-14-3-6-20-35(31)38)40-22-8-7-21-39(40)43(41)37-24-10-16-30-13-2-5-19-34(30)37/h2*1-32H;1-28H. The Morgan fingerprint density at radius 1 is 0.0694 bits per heavy atom. The predicted octanol–water partition coefficient (Wildman–Crippen LogP) is 40.7. The highest BCUT2D eigenvalue weighted by atomic mass is 14.3. The maximum atomic E-state index is 2.44. The third-order valence-corrected chi connectivity index (χ3v) is 30.1. The van der Waals surface area contributed by atoms with E-state index in [1.165, 1.54) is 284 Å². The van der Waals surface area contributed by atoms with Crippen molar-refractivity contribution in [2.24, 2.45) is 0 Å². The fourth-order valence-corrected chi connectivity index (χ4v) is 23.3. The van der Waals surface area contributed by atoms with Gasteiger partial charge in [0.2, 0.25) is 0 Å². The minimum Gasteiger partial charge on any atom is -0.0622 e. The van der Waals surface area contributed by atoms with Gasteiger partial charge in [0.1, 0.15) is 0 Å². The molecule has 0 N–H and O–H groups in total. The molecular formula is C144H92. The highest BCUT2D eigenvalue weighted by Gasteiger charge is 2.26. The first-order valence-corrected chi connectivity index (χ1v) is 50.0. The number of fused-ring (bicyclic) bond motifs is 15. The number of hydrogen-bond acceptors (Lipinski definition) is 0. The van der Waals surface area contributed by atoms with Crippen LogP contribution < -0.4 is 0 Å². The van der Waals surface area contributed by atoms with Crippen LogP contribution in [-0.4, -0.2) is 0 Å². The Hall–Kier alpha value is -18.7. The Balaban J connectivity index is 0.000000108. The second-order valence-corrected chi connectivity index (χ2v) is 38.2. The van der Waals surface area contributed by atoms with Gasteiger partial charge in [-0.25, -0.2) is 0 Å². The van der Waals surface area contributed by atoms with Gasteiger partial charge in [0, 0.05) is 0 Å². The maximum Gasteiger partial charge on any atom is -0.00199 e. The zero-order valence-electron chi connectivity index (χ0n) is 79.1. The molecule has 0 aliphatic rings. The van der Waals surface area contributed by atoms with Crippen molar-refractivity contribution in [3.05, 3.63) is 558 Å². The van der Waals surface area contributed by atoms with Crippen molar-refractivity contribution in [3.8, 4) is 122 Å². The molecule has 29 aromatic carbocycles. The normalized spacial score (nSPS) is 11.6. The summed E-state index contributed by atoms with van der Waals surface area (Å²) >= 11 is 0. The lowest BCUT2D eigenvalue weighted by Crippen LogP contribution is -1.93. The quantitative estimate of drug-likeness (QED) is 0.113. The molecular weight excluding hydrogens is 1730 g/mol. The molecule has 144 heavy (non-hydrogen) atoms. The molecule has 0 fully saturated rings. The minimum atomic E-state index is 1.22. The third kappa shape index (κ3) is 15.0. The summed E-state index contributed by atoms with van der Waals surface area (Å²) in [5.74, 6) is 0. The highest BCUT2D eigenvalue weighted by molar-refractivity contribution is 6.29. The smallest absolute Gasteiger partial charge is 0.00199 e. The lowest BCUT2D eigenvalue weighted by molar-refractivity contribution is 1.62. The lowest BCUT2D eigenvalue weighted by Gasteiger charge is -2.20. The van der Waals surface area contributed by atoms with Crippen LogP contribution in [0.3, 0.4) is 0 Å². The van der Waals surface area contributed by atoms with Crippen molar-refractivity contribution in [2.75, 3.05) is 0 Å². The SMILES string of the molecule is c1ccc(-c2ccc3cc(-c4c5ccccc5c(-c5cccc6ccccc56)c5cc(-c6cccc7ccccc67)ccc45)ccc3c2)cc1.c1ccc2c(-c3ccc4c(-c5cccc6ccccc56)c5ccccc5c(-c5cccc6ccccc56)c4c3)cccc2c1.c1ccc2cc(-c3ccc(-c4c5ccccc5c(-c5ccc6ccccc6c5)c5cc(-c6ccc7ccccc7c6)ccc45)cc3)ccc2c1. The minimum absolute atomic E-state index is 1.22. The van der Waals surface area contributed by atoms with E-state index >= 15 is 0 Å². The van der Waals surface area contributed by atoms with E-state index in [0.717, 1.165) is 0 Å². The molecule has 0 atom stereocenters. The van der Waals surface area contributed by atoms with E-state index in [1.54, 1.807) is 0 Å². The Morgan fingerprint density at radius 3 is 0.632 bits per heavy atom. The van der Waals surface area contributed by atoms with Crippen LogP contribution in [0.5, 0.6) is 0 Å². The third-order valence-electron chi connectivity index (χ3n) is 30.1. The highest BCUT2D eigenvalue weighted by Crippen LogP contribution is 2.53. The van der Waals surface area contributed by atoms with Crippen LogP contribution in [0.2, 0.25) is 0 Å². The van der Waals surface area contributed by atoms with Gasteiger partial charge in [-0.05, 0) is 333 Å². The van der Waals surface area contributed by atoms with E-state index in [1.807, 2.05) is 0 Å². The van der Waals surface area contributed by atoms with Crippen LogP contribution in [0.1, 0.15) is 0 Å². The summed E-state index contributed by atoms with van der Waals surface area (Å²) in [7, 11) is 0. The second-order valence-electron chi connectivity index (χ2n) is 38.2. The van der Waals surface area contributed by atoms with Crippen LogP contribution in [0.25, 0.3) is 284 Å². The van der Waals surface area contributed by atoms with Crippen LogP contribution in [0.15, 0.2) is 558 Å². The zero-order valence-corrected chi connectivity index (χ0v) is 79.1. The van der Waals surface area contributed by atoms with Gasteiger partial charge in [-0.15, -0.1) is 0 Å². The average molecular weight is 1820 g/mol. The predicted molar refractivity (Wildman–Crippen MR) is 622 cm³/mol. The molecule has 0 amide bonds. The number of benzene rings is 29. The van der Waals surface area contributed by atoms with E-state index in [4.69, 9.17) is 0 Å². The van der Waals surface area contributed by atoms with E-state index in [2.05, 4.69) is 558 Å². The van der Waals surface area contributed by atoms with Gasteiger partial charge in [-0.1, -0.05) is 510 Å². The fourth-order valence-electron chi connectivity index (χ4n) is 23.3. The van der Waals surface area contributed by atoms with Crippen LogP contribution in [-0.2, 0) is 0 Å².